The van der Waals surface area contributed by atoms with E-state index in [9.17, 15) is 0 Å². The molecule has 0 aliphatic rings. The molecule has 0 atom stereocenters. The first-order valence-corrected chi connectivity index (χ1v) is 7.52. The average Bonchev–Trinajstić information content (AvgIpc) is 2.82. The molecule has 0 saturated carbocycles. The number of ether oxygens (including phenoxy) is 1. The Hall–Kier alpha value is -1.93. The van der Waals surface area contributed by atoms with Crippen molar-refractivity contribution in [1.29, 1.82) is 0 Å². The van der Waals surface area contributed by atoms with E-state index in [0.29, 0.717) is 11.6 Å². The number of fused-ring (bicyclic) bond motifs is 1. The van der Waals surface area contributed by atoms with Crippen molar-refractivity contribution in [2.75, 3.05) is 0 Å². The molecule has 1 aromatic heterocycles. The molecule has 0 spiro atoms. The first-order chi connectivity index (χ1) is 10.2. The number of halogens is 1. The summed E-state index contributed by atoms with van der Waals surface area (Å²) < 4.78 is 8.14. The Labute approximate surface area is 129 Å². The Bertz CT molecular complexity index is 776. The Balaban J connectivity index is 1.91. The zero-order valence-corrected chi connectivity index (χ0v) is 13.0. The highest BCUT2D eigenvalue weighted by Crippen LogP contribution is 2.25. The predicted molar refractivity (Wildman–Crippen MR) is 88.1 cm³/mol. The minimum Gasteiger partial charge on any atom is -0.489 e. The quantitative estimate of drug-likeness (QED) is 0.645. The minimum atomic E-state index is 0.549. The molecule has 1 heterocycles. The van der Waals surface area contributed by atoms with Gasteiger partial charge in [0.05, 0.1) is 0 Å². The SMILES string of the molecule is CCn1cc(COc2cccc(Cl)c2)c2cc(C)ccc21. The number of hydrogen-bond donors (Lipinski definition) is 0. The van der Waals surface area contributed by atoms with Crippen molar-refractivity contribution < 1.29 is 4.74 Å². The van der Waals surface area contributed by atoms with Gasteiger partial charge in [-0.2, -0.15) is 0 Å². The Kier molecular flexibility index (Phi) is 3.89. The van der Waals surface area contributed by atoms with Gasteiger partial charge in [0.2, 0.25) is 0 Å². The summed E-state index contributed by atoms with van der Waals surface area (Å²) >= 11 is 5.98. The van der Waals surface area contributed by atoms with Gasteiger partial charge < -0.3 is 9.30 Å². The van der Waals surface area contributed by atoms with Gasteiger partial charge in [-0.1, -0.05) is 29.3 Å². The summed E-state index contributed by atoms with van der Waals surface area (Å²) in [6.07, 6.45) is 2.18. The van der Waals surface area contributed by atoms with Crippen LogP contribution in [0.25, 0.3) is 10.9 Å². The second kappa shape index (κ2) is 5.82. The van der Waals surface area contributed by atoms with Gasteiger partial charge in [-0.3, -0.25) is 0 Å². The van der Waals surface area contributed by atoms with Crippen LogP contribution < -0.4 is 4.74 Å². The molecule has 0 aliphatic carbocycles. The van der Waals surface area contributed by atoms with Crippen molar-refractivity contribution >= 4 is 22.5 Å². The summed E-state index contributed by atoms with van der Waals surface area (Å²) in [6, 6.07) is 14.1. The molecule has 0 radical (unpaired) electrons. The summed E-state index contributed by atoms with van der Waals surface area (Å²) in [7, 11) is 0. The van der Waals surface area contributed by atoms with Crippen molar-refractivity contribution in [2.24, 2.45) is 0 Å². The second-order valence-electron chi connectivity index (χ2n) is 5.21. The lowest BCUT2D eigenvalue weighted by molar-refractivity contribution is 0.307. The van der Waals surface area contributed by atoms with Gasteiger partial charge in [0.15, 0.2) is 0 Å². The maximum atomic E-state index is 5.98. The molecular weight excluding hydrogens is 282 g/mol. The first-order valence-electron chi connectivity index (χ1n) is 7.14. The topological polar surface area (TPSA) is 14.2 Å². The maximum Gasteiger partial charge on any atom is 0.121 e. The summed E-state index contributed by atoms with van der Waals surface area (Å²) in [5.74, 6) is 0.799. The molecule has 2 nitrogen and oxygen atoms in total. The van der Waals surface area contributed by atoms with E-state index in [4.69, 9.17) is 16.3 Å². The second-order valence-corrected chi connectivity index (χ2v) is 5.64. The smallest absolute Gasteiger partial charge is 0.121 e. The molecule has 0 aliphatic heterocycles. The van der Waals surface area contributed by atoms with Crippen molar-refractivity contribution in [3.05, 3.63) is 64.8 Å². The van der Waals surface area contributed by atoms with Crippen LogP contribution in [0, 0.1) is 6.92 Å². The molecule has 3 rings (SSSR count). The van der Waals surface area contributed by atoms with Crippen molar-refractivity contribution in [3.8, 4) is 5.75 Å². The molecule has 3 aromatic rings. The monoisotopic (exact) mass is 299 g/mol. The molecular formula is C18H18ClNO. The van der Waals surface area contributed by atoms with Crippen LogP contribution in [0.1, 0.15) is 18.1 Å². The van der Waals surface area contributed by atoms with Crippen LogP contribution in [0.5, 0.6) is 5.75 Å². The fourth-order valence-corrected chi connectivity index (χ4v) is 2.76. The highest BCUT2D eigenvalue weighted by atomic mass is 35.5. The zero-order chi connectivity index (χ0) is 14.8. The molecule has 0 N–H and O–H groups in total. The van der Waals surface area contributed by atoms with E-state index in [1.807, 2.05) is 24.3 Å². The third kappa shape index (κ3) is 2.91. The first kappa shape index (κ1) is 14.0. The van der Waals surface area contributed by atoms with Gasteiger partial charge in [-0.25, -0.2) is 0 Å². The molecule has 3 heteroatoms. The summed E-state index contributed by atoms with van der Waals surface area (Å²) in [6.45, 7) is 5.77. The maximum absolute atomic E-state index is 5.98. The number of aryl methyl sites for hydroxylation is 2. The summed E-state index contributed by atoms with van der Waals surface area (Å²) in [5.41, 5.74) is 3.73. The van der Waals surface area contributed by atoms with Gasteiger partial charge in [-0.15, -0.1) is 0 Å². The third-order valence-corrected chi connectivity index (χ3v) is 3.89. The van der Waals surface area contributed by atoms with Gasteiger partial charge in [0.1, 0.15) is 12.4 Å². The van der Waals surface area contributed by atoms with Crippen molar-refractivity contribution in [1.82, 2.24) is 4.57 Å². The fourth-order valence-electron chi connectivity index (χ4n) is 2.58. The molecule has 0 fully saturated rings. The van der Waals surface area contributed by atoms with E-state index in [0.717, 1.165) is 12.3 Å². The van der Waals surface area contributed by atoms with Crippen LogP contribution in [0.2, 0.25) is 5.02 Å². The third-order valence-electron chi connectivity index (χ3n) is 3.65. The molecule has 0 unspecified atom stereocenters. The Morgan fingerprint density at radius 3 is 2.76 bits per heavy atom. The number of aromatic nitrogens is 1. The summed E-state index contributed by atoms with van der Waals surface area (Å²) in [4.78, 5) is 0. The van der Waals surface area contributed by atoms with Gasteiger partial charge in [0, 0.05) is 34.2 Å². The normalized spacial score (nSPS) is 11.0. The molecule has 108 valence electrons. The van der Waals surface area contributed by atoms with Crippen LogP contribution in [-0.4, -0.2) is 4.57 Å². The number of hydrogen-bond acceptors (Lipinski definition) is 1. The predicted octanol–water partition coefficient (Wildman–Crippen LogP) is 5.20. The number of benzene rings is 2. The number of rotatable bonds is 4. The van der Waals surface area contributed by atoms with Gasteiger partial charge >= 0.3 is 0 Å². The van der Waals surface area contributed by atoms with Gasteiger partial charge in [0.25, 0.3) is 0 Å². The van der Waals surface area contributed by atoms with E-state index in [-0.39, 0.29) is 0 Å². The van der Waals surface area contributed by atoms with Crippen LogP contribution in [0.15, 0.2) is 48.7 Å². The lowest BCUT2D eigenvalue weighted by Crippen LogP contribution is -1.95. The van der Waals surface area contributed by atoms with Crippen LogP contribution in [0.4, 0.5) is 0 Å². The largest absolute Gasteiger partial charge is 0.489 e. The molecule has 0 bridgehead atoms. The highest BCUT2D eigenvalue weighted by Gasteiger charge is 2.08. The fraction of sp³-hybridized carbons (Fsp3) is 0.222. The van der Waals surface area contributed by atoms with Gasteiger partial charge in [-0.05, 0) is 44.2 Å². The van der Waals surface area contributed by atoms with Crippen molar-refractivity contribution in [2.45, 2.75) is 27.0 Å². The molecule has 21 heavy (non-hydrogen) atoms. The molecule has 0 amide bonds. The van der Waals surface area contributed by atoms with Crippen LogP contribution in [0.3, 0.4) is 0 Å². The van der Waals surface area contributed by atoms with E-state index in [1.54, 1.807) is 0 Å². The van der Waals surface area contributed by atoms with E-state index in [2.05, 4.69) is 42.8 Å². The minimum absolute atomic E-state index is 0.549. The van der Waals surface area contributed by atoms with E-state index >= 15 is 0 Å². The highest BCUT2D eigenvalue weighted by molar-refractivity contribution is 6.30. The van der Waals surface area contributed by atoms with Crippen LogP contribution in [-0.2, 0) is 13.2 Å². The molecule has 0 saturated heterocycles. The molecule has 2 aromatic carbocycles. The van der Waals surface area contributed by atoms with E-state index < -0.39 is 0 Å². The van der Waals surface area contributed by atoms with E-state index in [1.165, 1.54) is 22.0 Å². The van der Waals surface area contributed by atoms with Crippen LogP contribution >= 0.6 is 11.6 Å². The standard InChI is InChI=1S/C18H18ClNO/c1-3-20-11-14(17-9-13(2)7-8-18(17)20)12-21-16-6-4-5-15(19)10-16/h4-11H,3,12H2,1-2H3. The lowest BCUT2D eigenvalue weighted by Gasteiger charge is -2.05. The number of nitrogens with zero attached hydrogens (tertiary/aromatic N) is 1. The zero-order valence-electron chi connectivity index (χ0n) is 12.3. The van der Waals surface area contributed by atoms with Crippen molar-refractivity contribution in [3.63, 3.8) is 0 Å². The Morgan fingerprint density at radius 2 is 2.00 bits per heavy atom. The summed E-state index contributed by atoms with van der Waals surface area (Å²) in [5, 5.41) is 1.96. The average molecular weight is 300 g/mol. The lowest BCUT2D eigenvalue weighted by atomic mass is 10.1. The Morgan fingerprint density at radius 1 is 1.14 bits per heavy atom.